The SMILES string of the molecule is CCC(C)(C)NCC(O)c1cccc(C(F)(F)F)c1. The van der Waals surface area contributed by atoms with Gasteiger partial charge in [-0.05, 0) is 38.0 Å². The van der Waals surface area contributed by atoms with Gasteiger partial charge in [-0.25, -0.2) is 0 Å². The quantitative estimate of drug-likeness (QED) is 0.861. The summed E-state index contributed by atoms with van der Waals surface area (Å²) in [6.07, 6.45) is -4.47. The van der Waals surface area contributed by atoms with Crippen molar-refractivity contribution in [1.29, 1.82) is 0 Å². The van der Waals surface area contributed by atoms with Crippen LogP contribution in [0.1, 0.15) is 44.4 Å². The smallest absolute Gasteiger partial charge is 0.387 e. The molecular formula is C14H20F3NO. The van der Waals surface area contributed by atoms with Gasteiger partial charge in [-0.15, -0.1) is 0 Å². The second kappa shape index (κ2) is 5.92. The zero-order valence-electron chi connectivity index (χ0n) is 11.4. The molecule has 0 aliphatic carbocycles. The first-order valence-electron chi connectivity index (χ1n) is 6.26. The van der Waals surface area contributed by atoms with Gasteiger partial charge < -0.3 is 10.4 Å². The van der Waals surface area contributed by atoms with Crippen molar-refractivity contribution in [3.05, 3.63) is 35.4 Å². The minimum Gasteiger partial charge on any atom is -0.387 e. The summed E-state index contributed by atoms with van der Waals surface area (Å²) in [4.78, 5) is 0. The van der Waals surface area contributed by atoms with Gasteiger partial charge in [0.25, 0.3) is 0 Å². The van der Waals surface area contributed by atoms with Crippen molar-refractivity contribution >= 4 is 0 Å². The number of β-amino-alcohol motifs (C(OH)–C–C–N with tert-alkyl or cyclic N) is 1. The molecule has 0 heterocycles. The summed E-state index contributed by atoms with van der Waals surface area (Å²) >= 11 is 0. The van der Waals surface area contributed by atoms with Crippen molar-refractivity contribution in [2.45, 2.75) is 45.0 Å². The third kappa shape index (κ3) is 4.84. The maximum atomic E-state index is 12.6. The van der Waals surface area contributed by atoms with Crippen LogP contribution < -0.4 is 5.32 Å². The van der Waals surface area contributed by atoms with Gasteiger partial charge in [-0.3, -0.25) is 0 Å². The predicted molar refractivity (Wildman–Crippen MR) is 68.8 cm³/mol. The molecule has 0 aliphatic heterocycles. The number of rotatable bonds is 5. The largest absolute Gasteiger partial charge is 0.416 e. The summed E-state index contributed by atoms with van der Waals surface area (Å²) < 4.78 is 37.7. The van der Waals surface area contributed by atoms with E-state index in [0.29, 0.717) is 0 Å². The van der Waals surface area contributed by atoms with Crippen LogP contribution in [0, 0.1) is 0 Å². The number of aliphatic hydroxyl groups excluding tert-OH is 1. The molecule has 0 bridgehead atoms. The molecule has 1 atom stereocenters. The minimum atomic E-state index is -4.38. The number of aliphatic hydroxyl groups is 1. The van der Waals surface area contributed by atoms with E-state index in [1.165, 1.54) is 12.1 Å². The Bertz CT molecular complexity index is 415. The Hall–Kier alpha value is -1.07. The highest BCUT2D eigenvalue weighted by atomic mass is 19.4. The molecule has 5 heteroatoms. The number of benzene rings is 1. The molecule has 0 aliphatic rings. The van der Waals surface area contributed by atoms with Gasteiger partial charge in [0.15, 0.2) is 0 Å². The molecule has 108 valence electrons. The average Bonchev–Trinajstić information content (AvgIpc) is 2.35. The van der Waals surface area contributed by atoms with Crippen LogP contribution in [0.4, 0.5) is 13.2 Å². The summed E-state index contributed by atoms with van der Waals surface area (Å²) in [6.45, 7) is 6.18. The molecule has 1 rings (SSSR count). The van der Waals surface area contributed by atoms with Crippen LogP contribution in [0.5, 0.6) is 0 Å². The summed E-state index contributed by atoms with van der Waals surface area (Å²) in [5.74, 6) is 0. The van der Waals surface area contributed by atoms with E-state index in [1.54, 1.807) is 0 Å². The Kier molecular flexibility index (Phi) is 4.98. The molecule has 2 nitrogen and oxygen atoms in total. The van der Waals surface area contributed by atoms with Crippen molar-refractivity contribution in [2.75, 3.05) is 6.54 Å². The Morgan fingerprint density at radius 2 is 1.89 bits per heavy atom. The van der Waals surface area contributed by atoms with E-state index in [1.807, 2.05) is 20.8 Å². The average molecular weight is 275 g/mol. The highest BCUT2D eigenvalue weighted by Crippen LogP contribution is 2.30. The first kappa shape index (κ1) is 16.0. The fraction of sp³-hybridized carbons (Fsp3) is 0.571. The van der Waals surface area contributed by atoms with Gasteiger partial charge in [-0.2, -0.15) is 13.2 Å². The van der Waals surface area contributed by atoms with E-state index in [0.717, 1.165) is 18.6 Å². The highest BCUT2D eigenvalue weighted by molar-refractivity contribution is 5.27. The van der Waals surface area contributed by atoms with Crippen molar-refractivity contribution in [2.24, 2.45) is 0 Å². The molecule has 1 aromatic carbocycles. The van der Waals surface area contributed by atoms with Crippen LogP contribution in [-0.4, -0.2) is 17.2 Å². The lowest BCUT2D eigenvalue weighted by Crippen LogP contribution is -2.40. The lowest BCUT2D eigenvalue weighted by Gasteiger charge is -2.26. The molecule has 19 heavy (non-hydrogen) atoms. The topological polar surface area (TPSA) is 32.3 Å². The molecule has 0 aromatic heterocycles. The monoisotopic (exact) mass is 275 g/mol. The second-order valence-electron chi connectivity index (χ2n) is 5.26. The van der Waals surface area contributed by atoms with Gasteiger partial charge in [-0.1, -0.05) is 19.1 Å². The van der Waals surface area contributed by atoms with Crippen LogP contribution in [0.15, 0.2) is 24.3 Å². The lowest BCUT2D eigenvalue weighted by atomic mass is 10.0. The van der Waals surface area contributed by atoms with Crippen molar-refractivity contribution in [3.63, 3.8) is 0 Å². The molecule has 1 unspecified atom stereocenters. The minimum absolute atomic E-state index is 0.150. The molecular weight excluding hydrogens is 255 g/mol. The predicted octanol–water partition coefficient (Wildman–Crippen LogP) is 3.52. The van der Waals surface area contributed by atoms with Crippen molar-refractivity contribution < 1.29 is 18.3 Å². The maximum Gasteiger partial charge on any atom is 0.416 e. The van der Waals surface area contributed by atoms with Crippen LogP contribution in [0.25, 0.3) is 0 Å². The number of hydrogen-bond acceptors (Lipinski definition) is 2. The van der Waals surface area contributed by atoms with Gasteiger partial charge >= 0.3 is 6.18 Å². The normalized spacial score (nSPS) is 14.5. The summed E-state index contributed by atoms with van der Waals surface area (Å²) in [5.41, 5.74) is -0.615. The van der Waals surface area contributed by atoms with Crippen molar-refractivity contribution in [3.8, 4) is 0 Å². The number of nitrogens with one attached hydrogen (secondary N) is 1. The Morgan fingerprint density at radius 3 is 2.42 bits per heavy atom. The fourth-order valence-electron chi connectivity index (χ4n) is 1.54. The van der Waals surface area contributed by atoms with E-state index in [2.05, 4.69) is 5.32 Å². The van der Waals surface area contributed by atoms with Gasteiger partial charge in [0.05, 0.1) is 11.7 Å². The van der Waals surface area contributed by atoms with Crippen molar-refractivity contribution in [1.82, 2.24) is 5.32 Å². The Balaban J connectivity index is 2.75. The van der Waals surface area contributed by atoms with E-state index < -0.39 is 17.8 Å². The van der Waals surface area contributed by atoms with Crippen LogP contribution in [-0.2, 0) is 6.18 Å². The molecule has 1 aromatic rings. The third-order valence-corrected chi connectivity index (χ3v) is 3.26. The zero-order valence-corrected chi connectivity index (χ0v) is 11.4. The number of hydrogen-bond donors (Lipinski definition) is 2. The summed E-state index contributed by atoms with van der Waals surface area (Å²) in [6, 6.07) is 4.80. The standard InChI is InChI=1S/C14H20F3NO/c1-4-13(2,3)18-9-12(19)10-6-5-7-11(8-10)14(15,16)17/h5-8,12,18-19H,4,9H2,1-3H3. The first-order valence-corrected chi connectivity index (χ1v) is 6.26. The van der Waals surface area contributed by atoms with Crippen LogP contribution in [0.2, 0.25) is 0 Å². The second-order valence-corrected chi connectivity index (χ2v) is 5.26. The van der Waals surface area contributed by atoms with Gasteiger partial charge in [0, 0.05) is 12.1 Å². The summed E-state index contributed by atoms with van der Waals surface area (Å²) in [5, 5.41) is 13.1. The molecule has 0 spiro atoms. The molecule has 0 saturated heterocycles. The summed E-state index contributed by atoms with van der Waals surface area (Å²) in [7, 11) is 0. The molecule has 0 radical (unpaired) electrons. The van der Waals surface area contributed by atoms with Crippen LogP contribution in [0.3, 0.4) is 0 Å². The zero-order chi connectivity index (χ0) is 14.7. The third-order valence-electron chi connectivity index (χ3n) is 3.26. The lowest BCUT2D eigenvalue weighted by molar-refractivity contribution is -0.137. The van der Waals surface area contributed by atoms with Crippen LogP contribution >= 0.6 is 0 Å². The molecule has 2 N–H and O–H groups in total. The molecule has 0 saturated carbocycles. The van der Waals surface area contributed by atoms with E-state index in [9.17, 15) is 18.3 Å². The number of alkyl halides is 3. The highest BCUT2D eigenvalue weighted by Gasteiger charge is 2.30. The molecule has 0 fully saturated rings. The fourth-order valence-corrected chi connectivity index (χ4v) is 1.54. The van der Waals surface area contributed by atoms with E-state index >= 15 is 0 Å². The van der Waals surface area contributed by atoms with Gasteiger partial charge in [0.1, 0.15) is 0 Å². The van der Waals surface area contributed by atoms with E-state index in [4.69, 9.17) is 0 Å². The molecule has 0 amide bonds. The Labute approximate surface area is 111 Å². The number of halogens is 3. The first-order chi connectivity index (χ1) is 8.65. The maximum absolute atomic E-state index is 12.6. The Morgan fingerprint density at radius 1 is 1.26 bits per heavy atom. The van der Waals surface area contributed by atoms with Gasteiger partial charge in [0.2, 0.25) is 0 Å². The van der Waals surface area contributed by atoms with E-state index in [-0.39, 0.29) is 17.6 Å².